The van der Waals surface area contributed by atoms with Crippen LogP contribution < -0.4 is 5.32 Å². The van der Waals surface area contributed by atoms with E-state index in [1.165, 1.54) is 6.42 Å². The molecule has 35 heavy (non-hydrogen) atoms. The monoisotopic (exact) mass is 480 g/mol. The van der Waals surface area contributed by atoms with E-state index >= 15 is 0 Å². The standard InChI is InChI=1S/C28H40N4O3/c1-5-19(2)26(33)29-24(21-11-7-6-8-12-21)28(35)32-16-14-31(15-17-32)27(34)23-18-22-13-9-10-20(3)25(22)30(23)4/h9-10,13,18-19,21,24H,5-8,11-12,14-17H2,1-4H3,(H,29,33)/t19-,24+/m1/s1. The molecule has 1 saturated heterocycles. The van der Waals surface area contributed by atoms with Gasteiger partial charge < -0.3 is 19.7 Å². The number of carbonyl (C=O) groups is 3. The van der Waals surface area contributed by atoms with E-state index in [-0.39, 0.29) is 29.6 Å². The van der Waals surface area contributed by atoms with Crippen molar-refractivity contribution in [2.45, 2.75) is 65.3 Å². The zero-order chi connectivity index (χ0) is 25.1. The molecule has 3 amide bonds. The van der Waals surface area contributed by atoms with Crippen molar-refractivity contribution in [2.75, 3.05) is 26.2 Å². The summed E-state index contributed by atoms with van der Waals surface area (Å²) in [4.78, 5) is 43.4. The summed E-state index contributed by atoms with van der Waals surface area (Å²) in [6.07, 6.45) is 6.14. The van der Waals surface area contributed by atoms with E-state index in [1.54, 1.807) is 0 Å². The number of aryl methyl sites for hydroxylation is 2. The molecule has 2 aliphatic rings. The number of rotatable bonds is 6. The number of amides is 3. The minimum absolute atomic E-state index is 0.00380. The van der Waals surface area contributed by atoms with Crippen molar-refractivity contribution in [3.8, 4) is 0 Å². The van der Waals surface area contributed by atoms with Crippen LogP contribution in [0.4, 0.5) is 0 Å². The Morgan fingerprint density at radius 3 is 2.31 bits per heavy atom. The Labute approximate surface area is 208 Å². The van der Waals surface area contributed by atoms with E-state index in [0.29, 0.717) is 31.9 Å². The second kappa shape index (κ2) is 10.8. The fourth-order valence-corrected chi connectivity index (χ4v) is 5.64. The number of piperazine rings is 1. The van der Waals surface area contributed by atoms with Crippen molar-refractivity contribution in [3.63, 3.8) is 0 Å². The van der Waals surface area contributed by atoms with Crippen molar-refractivity contribution in [2.24, 2.45) is 18.9 Å². The lowest BCUT2D eigenvalue weighted by Gasteiger charge is -2.39. The van der Waals surface area contributed by atoms with Crippen LogP contribution >= 0.6 is 0 Å². The van der Waals surface area contributed by atoms with E-state index in [2.05, 4.69) is 18.3 Å². The SMILES string of the molecule is CC[C@@H](C)C(=O)N[C@H](C(=O)N1CCN(C(=O)c2cc3cccc(C)c3n2C)CC1)C1CCCCC1. The summed E-state index contributed by atoms with van der Waals surface area (Å²) in [5.74, 6) is 0.0806. The van der Waals surface area contributed by atoms with E-state index in [9.17, 15) is 14.4 Å². The van der Waals surface area contributed by atoms with Crippen LogP contribution in [0.1, 0.15) is 68.4 Å². The largest absolute Gasteiger partial charge is 0.344 e. The third-order valence-corrected chi connectivity index (χ3v) is 8.10. The summed E-state index contributed by atoms with van der Waals surface area (Å²) >= 11 is 0. The van der Waals surface area contributed by atoms with Crippen molar-refractivity contribution in [1.29, 1.82) is 0 Å². The lowest BCUT2D eigenvalue weighted by molar-refractivity contribution is -0.140. The van der Waals surface area contributed by atoms with Crippen LogP contribution in [0.15, 0.2) is 24.3 Å². The fourth-order valence-electron chi connectivity index (χ4n) is 5.64. The second-order valence-corrected chi connectivity index (χ2v) is 10.4. The Morgan fingerprint density at radius 1 is 1.03 bits per heavy atom. The molecule has 7 nitrogen and oxygen atoms in total. The van der Waals surface area contributed by atoms with Gasteiger partial charge in [-0.2, -0.15) is 0 Å². The lowest BCUT2D eigenvalue weighted by Crippen LogP contribution is -2.58. The maximum absolute atomic E-state index is 13.6. The first-order chi connectivity index (χ1) is 16.8. The first kappa shape index (κ1) is 25.3. The van der Waals surface area contributed by atoms with Gasteiger partial charge in [-0.15, -0.1) is 0 Å². The highest BCUT2D eigenvalue weighted by molar-refractivity contribution is 5.99. The highest BCUT2D eigenvalue weighted by Crippen LogP contribution is 2.28. The molecule has 0 spiro atoms. The highest BCUT2D eigenvalue weighted by Gasteiger charge is 2.36. The topological polar surface area (TPSA) is 74.7 Å². The summed E-state index contributed by atoms with van der Waals surface area (Å²) in [5, 5.41) is 4.17. The molecule has 190 valence electrons. The summed E-state index contributed by atoms with van der Waals surface area (Å²) in [6.45, 7) is 7.96. The number of hydrogen-bond donors (Lipinski definition) is 1. The minimum Gasteiger partial charge on any atom is -0.344 e. The van der Waals surface area contributed by atoms with Gasteiger partial charge in [0.15, 0.2) is 0 Å². The molecule has 2 atom stereocenters. The number of benzene rings is 1. The molecule has 0 radical (unpaired) electrons. The third kappa shape index (κ3) is 5.24. The van der Waals surface area contributed by atoms with Gasteiger partial charge in [0.05, 0.1) is 5.52 Å². The molecule has 1 aliphatic carbocycles. The molecule has 1 aromatic carbocycles. The van der Waals surface area contributed by atoms with Gasteiger partial charge in [0, 0.05) is 44.5 Å². The summed E-state index contributed by atoms with van der Waals surface area (Å²) in [5.41, 5.74) is 2.90. The Kier molecular flexibility index (Phi) is 7.82. The normalized spacial score (nSPS) is 19.0. The second-order valence-electron chi connectivity index (χ2n) is 10.4. The van der Waals surface area contributed by atoms with Crippen molar-refractivity contribution >= 4 is 28.6 Å². The van der Waals surface area contributed by atoms with Crippen LogP contribution in [-0.4, -0.2) is 64.3 Å². The molecule has 0 bridgehead atoms. The summed E-state index contributed by atoms with van der Waals surface area (Å²) < 4.78 is 1.98. The lowest BCUT2D eigenvalue weighted by atomic mass is 9.83. The van der Waals surface area contributed by atoms with Crippen LogP contribution in [0.2, 0.25) is 0 Å². The third-order valence-electron chi connectivity index (χ3n) is 8.10. The van der Waals surface area contributed by atoms with Gasteiger partial charge in [-0.3, -0.25) is 14.4 Å². The average Bonchev–Trinajstić information content (AvgIpc) is 3.23. The maximum Gasteiger partial charge on any atom is 0.270 e. The maximum atomic E-state index is 13.6. The first-order valence-electron chi connectivity index (χ1n) is 13.2. The van der Waals surface area contributed by atoms with Crippen molar-refractivity contribution in [3.05, 3.63) is 35.5 Å². The molecule has 0 unspecified atom stereocenters. The van der Waals surface area contributed by atoms with Crippen LogP contribution in [0, 0.1) is 18.8 Å². The number of nitrogens with zero attached hydrogens (tertiary/aromatic N) is 3. The van der Waals surface area contributed by atoms with Gasteiger partial charge >= 0.3 is 0 Å². The van der Waals surface area contributed by atoms with E-state index in [1.807, 2.05) is 53.5 Å². The number of nitrogens with one attached hydrogen (secondary N) is 1. The van der Waals surface area contributed by atoms with E-state index in [0.717, 1.165) is 48.6 Å². The number of aromatic nitrogens is 1. The van der Waals surface area contributed by atoms with E-state index in [4.69, 9.17) is 0 Å². The molecule has 2 fully saturated rings. The van der Waals surface area contributed by atoms with Crippen LogP contribution in [-0.2, 0) is 16.6 Å². The molecule has 1 aromatic heterocycles. The van der Waals surface area contributed by atoms with Gasteiger partial charge in [0.1, 0.15) is 11.7 Å². The predicted octanol–water partition coefficient (Wildman–Crippen LogP) is 3.88. The van der Waals surface area contributed by atoms with Crippen molar-refractivity contribution in [1.82, 2.24) is 19.7 Å². The smallest absolute Gasteiger partial charge is 0.270 e. The van der Waals surface area contributed by atoms with Crippen LogP contribution in [0.5, 0.6) is 0 Å². The molecule has 2 heterocycles. The number of fused-ring (bicyclic) bond motifs is 1. The zero-order valence-electron chi connectivity index (χ0n) is 21.7. The van der Waals surface area contributed by atoms with Crippen LogP contribution in [0.25, 0.3) is 10.9 Å². The highest BCUT2D eigenvalue weighted by atomic mass is 16.2. The molecular weight excluding hydrogens is 440 g/mol. The summed E-state index contributed by atoms with van der Waals surface area (Å²) in [7, 11) is 1.94. The van der Waals surface area contributed by atoms with Gasteiger partial charge in [-0.1, -0.05) is 51.3 Å². The average molecular weight is 481 g/mol. The molecule has 1 saturated carbocycles. The van der Waals surface area contributed by atoms with Gasteiger partial charge in [0.25, 0.3) is 5.91 Å². The van der Waals surface area contributed by atoms with E-state index < -0.39 is 6.04 Å². The molecule has 4 rings (SSSR count). The molecule has 7 heteroatoms. The fraction of sp³-hybridized carbons (Fsp3) is 0.607. The molecule has 1 N–H and O–H groups in total. The molecule has 1 aliphatic heterocycles. The van der Waals surface area contributed by atoms with Gasteiger partial charge in [-0.25, -0.2) is 0 Å². The Balaban J connectivity index is 1.44. The summed E-state index contributed by atoms with van der Waals surface area (Å²) in [6, 6.07) is 7.61. The Hall–Kier alpha value is -2.83. The first-order valence-corrected chi connectivity index (χ1v) is 13.2. The predicted molar refractivity (Wildman–Crippen MR) is 138 cm³/mol. The minimum atomic E-state index is -0.458. The number of para-hydroxylation sites is 1. The van der Waals surface area contributed by atoms with Gasteiger partial charge in [-0.05, 0) is 43.7 Å². The Bertz CT molecular complexity index is 1080. The molecular formula is C28H40N4O3. The van der Waals surface area contributed by atoms with Crippen LogP contribution in [0.3, 0.4) is 0 Å². The quantitative estimate of drug-likeness (QED) is 0.682. The number of hydrogen-bond acceptors (Lipinski definition) is 3. The van der Waals surface area contributed by atoms with Crippen molar-refractivity contribution < 1.29 is 14.4 Å². The zero-order valence-corrected chi connectivity index (χ0v) is 21.7. The van der Waals surface area contributed by atoms with Gasteiger partial charge in [0.2, 0.25) is 11.8 Å². The Morgan fingerprint density at radius 2 is 1.69 bits per heavy atom. The molecule has 2 aromatic rings. The number of carbonyl (C=O) groups excluding carboxylic acids is 3.